The highest BCUT2D eigenvalue weighted by atomic mass is 16.3. The molecule has 0 saturated carbocycles. The lowest BCUT2D eigenvalue weighted by Gasteiger charge is -2.13. The maximum absolute atomic E-state index is 6.01. The topological polar surface area (TPSA) is 57.0 Å². The number of benzene rings is 1. The van der Waals surface area contributed by atoms with E-state index in [-0.39, 0.29) is 6.04 Å². The van der Waals surface area contributed by atoms with E-state index in [0.29, 0.717) is 5.95 Å². The Kier molecular flexibility index (Phi) is 2.37. The number of fused-ring (bicyclic) bond motifs is 1. The summed E-state index contributed by atoms with van der Waals surface area (Å²) >= 11 is 0. The summed E-state index contributed by atoms with van der Waals surface area (Å²) in [6, 6.07) is 11.9. The maximum atomic E-state index is 6.01. The van der Waals surface area contributed by atoms with E-state index >= 15 is 0 Å². The Bertz CT molecular complexity index is 696. The van der Waals surface area contributed by atoms with Crippen molar-refractivity contribution in [3.05, 3.63) is 47.9 Å². The fourth-order valence-corrected chi connectivity index (χ4v) is 2.28. The summed E-state index contributed by atoms with van der Waals surface area (Å²) in [5.41, 5.74) is 7.94. The highest BCUT2D eigenvalue weighted by molar-refractivity contribution is 5.78. The molecule has 1 aromatic carbocycles. The van der Waals surface area contributed by atoms with Gasteiger partial charge in [-0.2, -0.15) is 0 Å². The first-order chi connectivity index (χ1) is 8.66. The van der Waals surface area contributed by atoms with Crippen LogP contribution in [0.15, 0.2) is 40.8 Å². The third kappa shape index (κ3) is 1.57. The fraction of sp³-hybridized carbons (Fsp3) is 0.214. The molecule has 0 spiro atoms. The number of imidazole rings is 1. The molecular formula is C14H15N3O. The number of nitrogens with zero attached hydrogens (tertiary/aromatic N) is 2. The van der Waals surface area contributed by atoms with Crippen LogP contribution in [0, 0.1) is 6.92 Å². The van der Waals surface area contributed by atoms with Crippen LogP contribution in [0.2, 0.25) is 0 Å². The van der Waals surface area contributed by atoms with Crippen molar-refractivity contribution in [1.82, 2.24) is 9.55 Å². The molecule has 92 valence electrons. The van der Waals surface area contributed by atoms with Gasteiger partial charge in [-0.15, -0.1) is 0 Å². The molecule has 0 aliphatic heterocycles. The Morgan fingerprint density at radius 3 is 2.72 bits per heavy atom. The molecule has 4 heteroatoms. The van der Waals surface area contributed by atoms with Crippen LogP contribution in [0.4, 0.5) is 5.95 Å². The molecule has 0 bridgehead atoms. The monoisotopic (exact) mass is 241 g/mol. The Labute approximate surface area is 105 Å². The maximum Gasteiger partial charge on any atom is 0.201 e. The first-order valence-electron chi connectivity index (χ1n) is 5.95. The number of anilines is 1. The van der Waals surface area contributed by atoms with Gasteiger partial charge in [0.1, 0.15) is 11.5 Å². The average Bonchev–Trinajstić information content (AvgIpc) is 2.91. The van der Waals surface area contributed by atoms with Crippen molar-refractivity contribution in [2.45, 2.75) is 19.9 Å². The normalized spacial score (nSPS) is 13.0. The lowest BCUT2D eigenvalue weighted by atomic mass is 10.2. The van der Waals surface area contributed by atoms with Gasteiger partial charge in [0.25, 0.3) is 0 Å². The highest BCUT2D eigenvalue weighted by Crippen LogP contribution is 2.27. The predicted octanol–water partition coefficient (Wildman–Crippen LogP) is 3.13. The van der Waals surface area contributed by atoms with Crippen LogP contribution in [-0.4, -0.2) is 9.55 Å². The van der Waals surface area contributed by atoms with Gasteiger partial charge in [-0.3, -0.25) is 0 Å². The summed E-state index contributed by atoms with van der Waals surface area (Å²) in [5.74, 6) is 2.31. The largest absolute Gasteiger partial charge is 0.464 e. The number of furan rings is 1. The molecule has 1 unspecified atom stereocenters. The smallest absolute Gasteiger partial charge is 0.201 e. The number of para-hydroxylation sites is 2. The minimum atomic E-state index is 0.0334. The minimum absolute atomic E-state index is 0.0334. The quantitative estimate of drug-likeness (QED) is 0.749. The van der Waals surface area contributed by atoms with E-state index in [1.54, 1.807) is 0 Å². The lowest BCUT2D eigenvalue weighted by Crippen LogP contribution is -2.09. The molecule has 3 aromatic rings. The number of hydrogen-bond donors (Lipinski definition) is 1. The lowest BCUT2D eigenvalue weighted by molar-refractivity contribution is 0.435. The number of hydrogen-bond acceptors (Lipinski definition) is 3. The molecule has 18 heavy (non-hydrogen) atoms. The Balaban J connectivity index is 2.16. The van der Waals surface area contributed by atoms with Crippen LogP contribution in [-0.2, 0) is 0 Å². The van der Waals surface area contributed by atoms with Crippen LogP contribution in [0.1, 0.15) is 24.5 Å². The SMILES string of the molecule is Cc1ccc(C(C)n2c(N)nc3ccccc32)o1. The zero-order valence-electron chi connectivity index (χ0n) is 10.4. The Hall–Kier alpha value is -2.23. The van der Waals surface area contributed by atoms with Crippen molar-refractivity contribution >= 4 is 17.0 Å². The van der Waals surface area contributed by atoms with Crippen LogP contribution in [0.3, 0.4) is 0 Å². The van der Waals surface area contributed by atoms with Gasteiger partial charge < -0.3 is 14.7 Å². The molecule has 4 nitrogen and oxygen atoms in total. The van der Waals surface area contributed by atoms with Gasteiger partial charge >= 0.3 is 0 Å². The first kappa shape index (κ1) is 10.9. The second-order valence-corrected chi connectivity index (χ2v) is 4.45. The van der Waals surface area contributed by atoms with Gasteiger partial charge in [-0.05, 0) is 38.1 Å². The van der Waals surface area contributed by atoms with Gasteiger partial charge in [-0.25, -0.2) is 4.98 Å². The van der Waals surface area contributed by atoms with E-state index in [9.17, 15) is 0 Å². The van der Waals surface area contributed by atoms with Crippen molar-refractivity contribution in [2.24, 2.45) is 0 Å². The fourth-order valence-electron chi connectivity index (χ4n) is 2.28. The van der Waals surface area contributed by atoms with E-state index in [0.717, 1.165) is 22.6 Å². The molecule has 0 saturated heterocycles. The summed E-state index contributed by atoms with van der Waals surface area (Å²) in [6.07, 6.45) is 0. The zero-order chi connectivity index (χ0) is 12.7. The van der Waals surface area contributed by atoms with Crippen LogP contribution >= 0.6 is 0 Å². The van der Waals surface area contributed by atoms with E-state index in [4.69, 9.17) is 10.2 Å². The van der Waals surface area contributed by atoms with E-state index in [2.05, 4.69) is 11.9 Å². The second kappa shape index (κ2) is 3.91. The molecule has 0 fully saturated rings. The van der Waals surface area contributed by atoms with Crippen molar-refractivity contribution in [1.29, 1.82) is 0 Å². The molecule has 0 radical (unpaired) electrons. The van der Waals surface area contributed by atoms with Crippen molar-refractivity contribution in [2.75, 3.05) is 5.73 Å². The number of aryl methyl sites for hydroxylation is 1. The third-order valence-corrected chi connectivity index (χ3v) is 3.18. The number of rotatable bonds is 2. The summed E-state index contributed by atoms with van der Waals surface area (Å²) < 4.78 is 7.66. The number of nitrogens with two attached hydrogens (primary N) is 1. The number of aromatic nitrogens is 2. The third-order valence-electron chi connectivity index (χ3n) is 3.18. The van der Waals surface area contributed by atoms with Crippen LogP contribution in [0.5, 0.6) is 0 Å². The molecule has 0 amide bonds. The van der Waals surface area contributed by atoms with Crippen LogP contribution < -0.4 is 5.73 Å². The summed E-state index contributed by atoms with van der Waals surface area (Å²) in [4.78, 5) is 4.37. The molecule has 3 rings (SSSR count). The second-order valence-electron chi connectivity index (χ2n) is 4.45. The molecule has 2 heterocycles. The zero-order valence-corrected chi connectivity index (χ0v) is 10.4. The Morgan fingerprint density at radius 1 is 1.22 bits per heavy atom. The van der Waals surface area contributed by atoms with Gasteiger partial charge in [-0.1, -0.05) is 12.1 Å². The average molecular weight is 241 g/mol. The van der Waals surface area contributed by atoms with Crippen molar-refractivity contribution in [3.8, 4) is 0 Å². The summed E-state index contributed by atoms with van der Waals surface area (Å²) in [7, 11) is 0. The van der Waals surface area contributed by atoms with Gasteiger partial charge in [0.05, 0.1) is 17.1 Å². The first-order valence-corrected chi connectivity index (χ1v) is 5.95. The molecule has 0 aliphatic carbocycles. The summed E-state index contributed by atoms with van der Waals surface area (Å²) in [5, 5.41) is 0. The molecule has 0 aliphatic rings. The molecule has 2 aromatic heterocycles. The van der Waals surface area contributed by atoms with E-state index in [1.807, 2.05) is 47.9 Å². The van der Waals surface area contributed by atoms with Crippen molar-refractivity contribution in [3.63, 3.8) is 0 Å². The van der Waals surface area contributed by atoms with E-state index < -0.39 is 0 Å². The van der Waals surface area contributed by atoms with Crippen molar-refractivity contribution < 1.29 is 4.42 Å². The molecule has 1 atom stereocenters. The standard InChI is InChI=1S/C14H15N3O/c1-9-7-8-13(18-9)10(2)17-12-6-4-3-5-11(12)16-14(17)15/h3-8,10H,1-2H3,(H2,15,16). The molecule has 2 N–H and O–H groups in total. The number of nitrogen functional groups attached to an aromatic ring is 1. The Morgan fingerprint density at radius 2 is 2.00 bits per heavy atom. The minimum Gasteiger partial charge on any atom is -0.464 e. The van der Waals surface area contributed by atoms with Gasteiger partial charge in [0.2, 0.25) is 5.95 Å². The predicted molar refractivity (Wildman–Crippen MR) is 71.4 cm³/mol. The highest BCUT2D eigenvalue weighted by Gasteiger charge is 2.17. The van der Waals surface area contributed by atoms with Gasteiger partial charge in [0, 0.05) is 0 Å². The molecular weight excluding hydrogens is 226 g/mol. The van der Waals surface area contributed by atoms with Crippen LogP contribution in [0.25, 0.3) is 11.0 Å². The summed E-state index contributed by atoms with van der Waals surface area (Å²) in [6.45, 7) is 3.99. The van der Waals surface area contributed by atoms with E-state index in [1.165, 1.54) is 0 Å². The van der Waals surface area contributed by atoms with Gasteiger partial charge in [0.15, 0.2) is 0 Å².